The molecule has 5 nitrogen and oxygen atoms in total. The van der Waals surface area contributed by atoms with Crippen molar-refractivity contribution in [2.24, 2.45) is 0 Å². The minimum absolute atomic E-state index is 0.0778. The summed E-state index contributed by atoms with van der Waals surface area (Å²) in [6.07, 6.45) is 1.84. The van der Waals surface area contributed by atoms with E-state index in [0.29, 0.717) is 6.61 Å². The van der Waals surface area contributed by atoms with Gasteiger partial charge in [-0.3, -0.25) is 4.79 Å². The summed E-state index contributed by atoms with van der Waals surface area (Å²) in [5.74, 6) is -1.48. The van der Waals surface area contributed by atoms with E-state index in [0.717, 1.165) is 12.2 Å². The zero-order chi connectivity index (χ0) is 11.1. The highest BCUT2D eigenvalue weighted by molar-refractivity contribution is 5.93. The molecule has 0 fully saturated rings. The van der Waals surface area contributed by atoms with Crippen LogP contribution in [-0.4, -0.2) is 48.7 Å². The van der Waals surface area contributed by atoms with Gasteiger partial charge in [-0.2, -0.15) is 0 Å². The molecule has 0 rings (SSSR count). The van der Waals surface area contributed by atoms with E-state index in [4.69, 9.17) is 9.84 Å². The second-order valence-electron chi connectivity index (χ2n) is 2.93. The zero-order valence-electron chi connectivity index (χ0n) is 8.56. The number of carboxylic acid groups (broad SMARTS) is 1. The van der Waals surface area contributed by atoms with Gasteiger partial charge in [0, 0.05) is 26.3 Å². The minimum Gasteiger partial charge on any atom is -0.478 e. The van der Waals surface area contributed by atoms with Gasteiger partial charge in [0.15, 0.2) is 0 Å². The fraction of sp³-hybridized carbons (Fsp3) is 0.556. The monoisotopic (exact) mass is 201 g/mol. The predicted octanol–water partition coefficient (Wildman–Crippen LogP) is 0.121. The molecule has 0 bridgehead atoms. The number of carbonyl (C=O) groups is 2. The Bertz CT molecular complexity index is 237. The van der Waals surface area contributed by atoms with Crippen LogP contribution in [-0.2, 0) is 14.3 Å². The number of rotatable bonds is 5. The van der Waals surface area contributed by atoms with Crippen molar-refractivity contribution in [2.75, 3.05) is 20.8 Å². The van der Waals surface area contributed by atoms with Crippen molar-refractivity contribution in [3.63, 3.8) is 0 Å². The van der Waals surface area contributed by atoms with E-state index >= 15 is 0 Å². The average molecular weight is 201 g/mol. The van der Waals surface area contributed by atoms with Crippen molar-refractivity contribution in [3.05, 3.63) is 12.2 Å². The van der Waals surface area contributed by atoms with Crippen molar-refractivity contribution in [2.45, 2.75) is 13.0 Å². The SMILES string of the molecule is COCC(C)N(C)C(=O)C=CC(=O)O. The van der Waals surface area contributed by atoms with Crippen molar-refractivity contribution < 1.29 is 19.4 Å². The van der Waals surface area contributed by atoms with Crippen molar-refractivity contribution >= 4 is 11.9 Å². The second kappa shape index (κ2) is 6.15. The first kappa shape index (κ1) is 12.6. The van der Waals surface area contributed by atoms with Crippen LogP contribution in [0.5, 0.6) is 0 Å². The van der Waals surface area contributed by atoms with Crippen LogP contribution in [0, 0.1) is 0 Å². The van der Waals surface area contributed by atoms with Crippen LogP contribution in [0.4, 0.5) is 0 Å². The van der Waals surface area contributed by atoms with Crippen LogP contribution in [0.15, 0.2) is 12.2 Å². The van der Waals surface area contributed by atoms with Gasteiger partial charge in [0.2, 0.25) is 5.91 Å². The number of carbonyl (C=O) groups excluding carboxylic acids is 1. The van der Waals surface area contributed by atoms with E-state index < -0.39 is 5.97 Å². The molecule has 1 amide bonds. The zero-order valence-corrected chi connectivity index (χ0v) is 8.56. The van der Waals surface area contributed by atoms with E-state index in [1.807, 2.05) is 6.92 Å². The first-order valence-corrected chi connectivity index (χ1v) is 4.15. The normalized spacial score (nSPS) is 12.8. The highest BCUT2D eigenvalue weighted by Gasteiger charge is 2.12. The molecule has 0 aliphatic carbocycles. The molecular weight excluding hydrogens is 186 g/mol. The lowest BCUT2D eigenvalue weighted by Gasteiger charge is -2.22. The standard InChI is InChI=1S/C9H15NO4/c1-7(6-14-3)10(2)8(11)4-5-9(12)13/h4-5,7H,6H2,1-3H3,(H,12,13). The fourth-order valence-electron chi connectivity index (χ4n) is 0.830. The van der Waals surface area contributed by atoms with Crippen LogP contribution in [0.2, 0.25) is 0 Å². The van der Waals surface area contributed by atoms with Gasteiger partial charge in [0.1, 0.15) is 0 Å². The average Bonchev–Trinajstić information content (AvgIpc) is 2.13. The summed E-state index contributed by atoms with van der Waals surface area (Å²) < 4.78 is 4.87. The third kappa shape index (κ3) is 4.61. The maximum absolute atomic E-state index is 11.3. The highest BCUT2D eigenvalue weighted by Crippen LogP contribution is 1.97. The number of likely N-dealkylation sites (N-methyl/N-ethyl adjacent to an activating group) is 1. The number of hydrogen-bond donors (Lipinski definition) is 1. The quantitative estimate of drug-likeness (QED) is 0.641. The van der Waals surface area contributed by atoms with Crippen molar-refractivity contribution in [1.82, 2.24) is 4.90 Å². The molecule has 0 aliphatic heterocycles. The molecule has 0 saturated carbocycles. The van der Waals surface area contributed by atoms with Crippen LogP contribution in [0.1, 0.15) is 6.92 Å². The molecule has 0 aliphatic rings. The first-order chi connectivity index (χ1) is 6.49. The number of amides is 1. The molecule has 0 aromatic rings. The van der Waals surface area contributed by atoms with Gasteiger partial charge in [-0.05, 0) is 6.92 Å². The summed E-state index contributed by atoms with van der Waals surface area (Å²) in [6.45, 7) is 2.24. The van der Waals surface area contributed by atoms with E-state index in [2.05, 4.69) is 0 Å². The van der Waals surface area contributed by atoms with Crippen LogP contribution < -0.4 is 0 Å². The third-order valence-corrected chi connectivity index (χ3v) is 1.79. The first-order valence-electron chi connectivity index (χ1n) is 4.15. The topological polar surface area (TPSA) is 66.8 Å². The molecular formula is C9H15NO4. The number of ether oxygens (including phenoxy) is 1. The Labute approximate surface area is 83.0 Å². The van der Waals surface area contributed by atoms with E-state index in [9.17, 15) is 9.59 Å². The Hall–Kier alpha value is -1.36. The van der Waals surface area contributed by atoms with Gasteiger partial charge in [0.25, 0.3) is 0 Å². The Balaban J connectivity index is 4.17. The molecule has 0 spiro atoms. The van der Waals surface area contributed by atoms with Crippen LogP contribution in [0.25, 0.3) is 0 Å². The molecule has 5 heteroatoms. The lowest BCUT2D eigenvalue weighted by molar-refractivity contribution is -0.132. The Kier molecular flexibility index (Phi) is 5.55. The molecule has 1 unspecified atom stereocenters. The third-order valence-electron chi connectivity index (χ3n) is 1.79. The molecule has 80 valence electrons. The van der Waals surface area contributed by atoms with E-state index in [1.165, 1.54) is 4.90 Å². The number of hydrogen-bond acceptors (Lipinski definition) is 3. The largest absolute Gasteiger partial charge is 0.478 e. The van der Waals surface area contributed by atoms with Gasteiger partial charge in [-0.25, -0.2) is 4.79 Å². The summed E-state index contributed by atoms with van der Waals surface area (Å²) >= 11 is 0. The van der Waals surface area contributed by atoms with E-state index in [1.54, 1.807) is 14.2 Å². The number of methoxy groups -OCH3 is 1. The van der Waals surface area contributed by atoms with Gasteiger partial charge in [-0.15, -0.1) is 0 Å². The molecule has 14 heavy (non-hydrogen) atoms. The Morgan fingerprint density at radius 3 is 2.50 bits per heavy atom. The smallest absolute Gasteiger partial charge is 0.328 e. The summed E-state index contributed by atoms with van der Waals surface area (Å²) in [5.41, 5.74) is 0. The van der Waals surface area contributed by atoms with Gasteiger partial charge < -0.3 is 14.7 Å². The second-order valence-corrected chi connectivity index (χ2v) is 2.93. The number of nitrogens with zero attached hydrogens (tertiary/aromatic N) is 1. The molecule has 0 saturated heterocycles. The van der Waals surface area contributed by atoms with E-state index in [-0.39, 0.29) is 11.9 Å². The molecule has 1 atom stereocenters. The van der Waals surface area contributed by atoms with Gasteiger partial charge in [-0.1, -0.05) is 0 Å². The summed E-state index contributed by atoms with van der Waals surface area (Å²) in [7, 11) is 3.14. The molecule has 0 heterocycles. The minimum atomic E-state index is -1.13. The molecule has 0 aromatic carbocycles. The maximum atomic E-state index is 11.3. The number of aliphatic carboxylic acids is 1. The van der Waals surface area contributed by atoms with Crippen molar-refractivity contribution in [3.8, 4) is 0 Å². The fourth-order valence-corrected chi connectivity index (χ4v) is 0.830. The van der Waals surface area contributed by atoms with Gasteiger partial charge in [0.05, 0.1) is 12.6 Å². The van der Waals surface area contributed by atoms with Crippen LogP contribution in [0.3, 0.4) is 0 Å². The lowest BCUT2D eigenvalue weighted by Crippen LogP contribution is -2.36. The Morgan fingerprint density at radius 2 is 2.07 bits per heavy atom. The summed E-state index contributed by atoms with van der Waals surface area (Å²) in [5, 5.41) is 8.30. The lowest BCUT2D eigenvalue weighted by atomic mass is 10.3. The molecule has 0 radical (unpaired) electrons. The summed E-state index contributed by atoms with van der Waals surface area (Å²) in [4.78, 5) is 22.8. The maximum Gasteiger partial charge on any atom is 0.328 e. The van der Waals surface area contributed by atoms with Crippen LogP contribution >= 0.6 is 0 Å². The number of carboxylic acids is 1. The van der Waals surface area contributed by atoms with Gasteiger partial charge >= 0.3 is 5.97 Å². The predicted molar refractivity (Wildman–Crippen MR) is 50.9 cm³/mol. The molecule has 1 N–H and O–H groups in total. The summed E-state index contributed by atoms with van der Waals surface area (Å²) in [6, 6.07) is -0.0778. The Morgan fingerprint density at radius 1 is 1.50 bits per heavy atom. The highest BCUT2D eigenvalue weighted by atomic mass is 16.5. The molecule has 0 aromatic heterocycles. The van der Waals surface area contributed by atoms with Crippen molar-refractivity contribution in [1.29, 1.82) is 0 Å².